The van der Waals surface area contributed by atoms with E-state index < -0.39 is 0 Å². The van der Waals surface area contributed by atoms with Crippen molar-refractivity contribution in [2.24, 2.45) is 0 Å². The zero-order chi connectivity index (χ0) is 19.6. The Balaban J connectivity index is 0.000000221. The van der Waals surface area contributed by atoms with Crippen LogP contribution >= 0.6 is 0 Å². The Labute approximate surface area is 164 Å². The zero-order valence-electron chi connectivity index (χ0n) is 19.0. The lowest BCUT2D eigenvalue weighted by Gasteiger charge is -2.39. The Morgan fingerprint density at radius 2 is 1.38 bits per heavy atom. The maximum absolute atomic E-state index is 3.68. The van der Waals surface area contributed by atoms with Crippen molar-refractivity contribution >= 4 is 0 Å². The van der Waals surface area contributed by atoms with Gasteiger partial charge in [-0.3, -0.25) is 4.90 Å². The Morgan fingerprint density at radius 1 is 0.808 bits per heavy atom. The minimum absolute atomic E-state index is 0.518. The first-order chi connectivity index (χ1) is 12.6. The van der Waals surface area contributed by atoms with E-state index in [0.717, 1.165) is 6.04 Å². The number of hydrogen-bond donors (Lipinski definition) is 2. The fraction of sp³-hybridized carbons (Fsp3) is 1.00. The molecule has 26 heavy (non-hydrogen) atoms. The van der Waals surface area contributed by atoms with E-state index in [2.05, 4.69) is 41.2 Å². The number of likely N-dealkylation sites (N-methyl/N-ethyl adjacent to an activating group) is 1. The van der Waals surface area contributed by atoms with E-state index >= 15 is 0 Å². The smallest absolute Gasteiger partial charge is 0.0333 e. The van der Waals surface area contributed by atoms with Crippen molar-refractivity contribution in [3.8, 4) is 0 Å². The maximum Gasteiger partial charge on any atom is 0.0333 e. The summed E-state index contributed by atoms with van der Waals surface area (Å²) in [6.07, 6.45) is 6.93. The highest BCUT2D eigenvalue weighted by Gasteiger charge is 2.42. The third-order valence-corrected chi connectivity index (χ3v) is 6.43. The molecule has 0 saturated carbocycles. The Kier molecular flexibility index (Phi) is 10.7. The Morgan fingerprint density at radius 3 is 1.73 bits per heavy atom. The fourth-order valence-corrected chi connectivity index (χ4v) is 4.62. The minimum Gasteiger partial charge on any atom is -0.310 e. The van der Waals surface area contributed by atoms with Gasteiger partial charge in [0.05, 0.1) is 0 Å². The molecule has 4 aliphatic rings. The SMILES string of the molecule is CC.CC.CC(C)N1CCC2(CCCN2)C1.CCN1CCC2(CCN2)C1. The second kappa shape index (κ2) is 11.6. The van der Waals surface area contributed by atoms with Gasteiger partial charge in [0.1, 0.15) is 0 Å². The van der Waals surface area contributed by atoms with Crippen LogP contribution in [0.4, 0.5) is 0 Å². The van der Waals surface area contributed by atoms with Crippen LogP contribution in [0.15, 0.2) is 0 Å². The van der Waals surface area contributed by atoms with Gasteiger partial charge >= 0.3 is 0 Å². The first kappa shape index (κ1) is 23.9. The summed E-state index contributed by atoms with van der Waals surface area (Å²) >= 11 is 0. The van der Waals surface area contributed by atoms with Crippen LogP contribution < -0.4 is 10.6 Å². The third-order valence-electron chi connectivity index (χ3n) is 6.43. The lowest BCUT2D eigenvalue weighted by atomic mass is 9.87. The summed E-state index contributed by atoms with van der Waals surface area (Å²) in [5.74, 6) is 0. The first-order valence-electron chi connectivity index (χ1n) is 11.5. The molecule has 2 N–H and O–H groups in total. The monoisotopic (exact) mass is 368 g/mol. The van der Waals surface area contributed by atoms with Crippen molar-refractivity contribution in [2.45, 2.75) is 97.7 Å². The van der Waals surface area contributed by atoms with Crippen molar-refractivity contribution in [3.05, 3.63) is 0 Å². The van der Waals surface area contributed by atoms with Crippen LogP contribution in [-0.4, -0.2) is 72.7 Å². The fourth-order valence-electron chi connectivity index (χ4n) is 4.62. The van der Waals surface area contributed by atoms with Crippen LogP contribution in [0.2, 0.25) is 0 Å². The van der Waals surface area contributed by atoms with Crippen molar-refractivity contribution in [3.63, 3.8) is 0 Å². The van der Waals surface area contributed by atoms with Crippen LogP contribution in [0, 0.1) is 0 Å². The van der Waals surface area contributed by atoms with Crippen LogP contribution in [-0.2, 0) is 0 Å². The topological polar surface area (TPSA) is 30.5 Å². The van der Waals surface area contributed by atoms with Crippen molar-refractivity contribution in [1.29, 1.82) is 0 Å². The van der Waals surface area contributed by atoms with Crippen LogP contribution in [0.1, 0.15) is 80.6 Å². The summed E-state index contributed by atoms with van der Waals surface area (Å²) < 4.78 is 0. The highest BCUT2D eigenvalue weighted by molar-refractivity contribution is 5.03. The van der Waals surface area contributed by atoms with E-state index in [-0.39, 0.29) is 0 Å². The first-order valence-corrected chi connectivity index (χ1v) is 11.5. The van der Waals surface area contributed by atoms with E-state index in [0.29, 0.717) is 11.1 Å². The van der Waals surface area contributed by atoms with E-state index in [1.54, 1.807) is 0 Å². The van der Waals surface area contributed by atoms with Gasteiger partial charge in [0.25, 0.3) is 0 Å². The molecule has 0 bridgehead atoms. The predicted octanol–water partition coefficient (Wildman–Crippen LogP) is 3.72. The molecule has 2 atom stereocenters. The number of rotatable bonds is 2. The second-order valence-corrected chi connectivity index (χ2v) is 8.20. The van der Waals surface area contributed by atoms with Gasteiger partial charge in [-0.25, -0.2) is 0 Å². The number of hydrogen-bond acceptors (Lipinski definition) is 4. The standard InChI is InChI=1S/C10H20N2.C8H16N2.2C2H6/c1-9(2)12-7-5-10(8-12)4-3-6-11-10;1-2-10-6-4-8(7-10)3-5-9-8;2*1-2/h9,11H,3-8H2,1-2H3;9H,2-7H2,1H3;2*1-2H3. The normalized spacial score (nSPS) is 33.2. The molecule has 4 aliphatic heterocycles. The lowest BCUT2D eigenvalue weighted by Crippen LogP contribution is -2.58. The van der Waals surface area contributed by atoms with E-state index in [4.69, 9.17) is 0 Å². The van der Waals surface area contributed by atoms with Gasteiger partial charge in [0.15, 0.2) is 0 Å². The summed E-state index contributed by atoms with van der Waals surface area (Å²) in [6.45, 7) is 23.7. The van der Waals surface area contributed by atoms with Crippen molar-refractivity contribution in [1.82, 2.24) is 20.4 Å². The van der Waals surface area contributed by atoms with Gasteiger partial charge in [0, 0.05) is 43.3 Å². The molecule has 4 nitrogen and oxygen atoms in total. The highest BCUT2D eigenvalue weighted by atomic mass is 15.2. The molecule has 0 aliphatic carbocycles. The molecule has 4 heteroatoms. The van der Waals surface area contributed by atoms with Crippen molar-refractivity contribution < 1.29 is 0 Å². The largest absolute Gasteiger partial charge is 0.310 e. The highest BCUT2D eigenvalue weighted by Crippen LogP contribution is 2.31. The minimum atomic E-state index is 0.518. The van der Waals surface area contributed by atoms with Gasteiger partial charge < -0.3 is 15.5 Å². The Bertz CT molecular complexity index is 359. The molecule has 0 amide bonds. The van der Waals surface area contributed by atoms with Crippen molar-refractivity contribution in [2.75, 3.05) is 45.8 Å². The quantitative estimate of drug-likeness (QED) is 0.778. The molecule has 0 aromatic carbocycles. The van der Waals surface area contributed by atoms with Gasteiger partial charge in [-0.1, -0.05) is 34.6 Å². The molecule has 4 saturated heterocycles. The summed E-state index contributed by atoms with van der Waals surface area (Å²) in [5.41, 5.74) is 1.08. The number of nitrogens with one attached hydrogen (secondary N) is 2. The third kappa shape index (κ3) is 6.19. The van der Waals surface area contributed by atoms with Gasteiger partial charge in [-0.05, 0) is 65.6 Å². The lowest BCUT2D eigenvalue weighted by molar-refractivity contribution is 0.204. The molecule has 4 heterocycles. The molecular formula is C22H48N4. The summed E-state index contributed by atoms with van der Waals surface area (Å²) in [4.78, 5) is 5.13. The zero-order valence-corrected chi connectivity index (χ0v) is 19.0. The number of likely N-dealkylation sites (tertiary alicyclic amines) is 2. The molecule has 156 valence electrons. The van der Waals surface area contributed by atoms with E-state index in [1.807, 2.05) is 27.7 Å². The summed E-state index contributed by atoms with van der Waals surface area (Å²) in [6, 6.07) is 0.728. The molecule has 2 spiro atoms. The van der Waals surface area contributed by atoms with Gasteiger partial charge in [-0.2, -0.15) is 0 Å². The van der Waals surface area contributed by atoms with E-state index in [1.165, 1.54) is 77.9 Å². The van der Waals surface area contributed by atoms with Gasteiger partial charge in [-0.15, -0.1) is 0 Å². The molecule has 0 radical (unpaired) electrons. The predicted molar refractivity (Wildman–Crippen MR) is 116 cm³/mol. The second-order valence-electron chi connectivity index (χ2n) is 8.20. The van der Waals surface area contributed by atoms with Crippen LogP contribution in [0.3, 0.4) is 0 Å². The van der Waals surface area contributed by atoms with Crippen LogP contribution in [0.25, 0.3) is 0 Å². The molecule has 0 aromatic rings. The van der Waals surface area contributed by atoms with Crippen LogP contribution in [0.5, 0.6) is 0 Å². The molecule has 4 rings (SSSR count). The summed E-state index contributed by atoms with van der Waals surface area (Å²) in [7, 11) is 0. The average Bonchev–Trinajstić information content (AvgIpc) is 3.39. The molecule has 0 aromatic heterocycles. The van der Waals surface area contributed by atoms with Gasteiger partial charge in [0.2, 0.25) is 0 Å². The maximum atomic E-state index is 3.68. The molecule has 4 fully saturated rings. The molecular weight excluding hydrogens is 320 g/mol. The van der Waals surface area contributed by atoms with E-state index in [9.17, 15) is 0 Å². The molecule has 2 unspecified atom stereocenters. The Hall–Kier alpha value is -0.160. The summed E-state index contributed by atoms with van der Waals surface area (Å²) in [5, 5.41) is 7.22. The average molecular weight is 369 g/mol. The number of nitrogens with zero attached hydrogens (tertiary/aromatic N) is 2.